The molecule has 0 bridgehead atoms. The summed E-state index contributed by atoms with van der Waals surface area (Å²) in [5, 5.41) is 7.18. The van der Waals surface area contributed by atoms with E-state index in [1.54, 1.807) is 6.07 Å². The van der Waals surface area contributed by atoms with Gasteiger partial charge in [-0.05, 0) is 37.3 Å². The molecule has 2 N–H and O–H groups in total. The first-order valence-electron chi connectivity index (χ1n) is 7.81. The van der Waals surface area contributed by atoms with E-state index in [9.17, 15) is 4.79 Å². The Morgan fingerprint density at radius 1 is 1.57 bits per heavy atom. The second-order valence-electron chi connectivity index (χ2n) is 6.55. The van der Waals surface area contributed by atoms with Crippen LogP contribution in [-0.4, -0.2) is 29.6 Å². The summed E-state index contributed by atoms with van der Waals surface area (Å²) in [6.45, 7) is 9.09. The highest BCUT2D eigenvalue weighted by Gasteiger charge is 2.32. The van der Waals surface area contributed by atoms with Crippen LogP contribution in [0.3, 0.4) is 0 Å². The number of carbonyl (C=O) groups is 1. The van der Waals surface area contributed by atoms with Crippen molar-refractivity contribution in [3.63, 3.8) is 0 Å². The van der Waals surface area contributed by atoms with Crippen LogP contribution in [0.1, 0.15) is 50.5 Å². The smallest absolute Gasteiger partial charge is 0.268 e. The number of rotatable bonds is 5. The van der Waals surface area contributed by atoms with Crippen LogP contribution in [0.4, 0.5) is 0 Å². The Bertz CT molecular complexity index is 496. The maximum absolute atomic E-state index is 12.4. The second kappa shape index (κ2) is 6.84. The largest absolute Gasteiger partial charge is 0.349 e. The summed E-state index contributed by atoms with van der Waals surface area (Å²) in [6, 6.07) is 2.06. The van der Waals surface area contributed by atoms with Gasteiger partial charge in [0.15, 0.2) is 0 Å². The molecule has 1 unspecified atom stereocenters. The lowest BCUT2D eigenvalue weighted by atomic mass is 9.77. The van der Waals surface area contributed by atoms with Crippen LogP contribution in [0.15, 0.2) is 12.3 Å². The lowest BCUT2D eigenvalue weighted by molar-refractivity contribution is 0.0919. The fourth-order valence-electron chi connectivity index (χ4n) is 3.00. The highest BCUT2D eigenvalue weighted by Crippen LogP contribution is 2.29. The Balaban J connectivity index is 1.98. The van der Waals surface area contributed by atoms with Crippen LogP contribution in [0, 0.1) is 5.41 Å². The van der Waals surface area contributed by atoms with Crippen LogP contribution in [0.5, 0.6) is 0 Å². The van der Waals surface area contributed by atoms with Crippen molar-refractivity contribution >= 4 is 17.5 Å². The van der Waals surface area contributed by atoms with Crippen molar-refractivity contribution < 1.29 is 4.79 Å². The van der Waals surface area contributed by atoms with Crippen molar-refractivity contribution in [2.45, 2.75) is 52.6 Å². The van der Waals surface area contributed by atoms with E-state index in [1.807, 2.05) is 10.8 Å². The van der Waals surface area contributed by atoms with Crippen LogP contribution in [0.2, 0.25) is 5.02 Å². The normalized spacial score (nSPS) is 21.2. The van der Waals surface area contributed by atoms with Crippen LogP contribution in [-0.2, 0) is 6.54 Å². The predicted molar refractivity (Wildman–Crippen MR) is 86.9 cm³/mol. The van der Waals surface area contributed by atoms with E-state index in [-0.39, 0.29) is 11.3 Å². The Morgan fingerprint density at radius 3 is 3.00 bits per heavy atom. The minimum atomic E-state index is -0.0430. The van der Waals surface area contributed by atoms with Crippen LogP contribution >= 0.6 is 11.6 Å². The Kier molecular flexibility index (Phi) is 5.33. The molecular weight excluding hydrogens is 286 g/mol. The monoisotopic (exact) mass is 311 g/mol. The molecule has 1 aromatic rings. The SMILES string of the molecule is CCCn1cc(Cl)cc1C(=O)NCC1NCCCC1(C)C. The summed E-state index contributed by atoms with van der Waals surface area (Å²) in [6.07, 6.45) is 5.19. The van der Waals surface area contributed by atoms with Crippen molar-refractivity contribution in [3.05, 3.63) is 23.0 Å². The third kappa shape index (κ3) is 4.01. The molecule has 0 spiro atoms. The summed E-state index contributed by atoms with van der Waals surface area (Å²) in [5.74, 6) is -0.0430. The molecule has 1 atom stereocenters. The molecule has 4 nitrogen and oxygen atoms in total. The molecule has 1 saturated heterocycles. The molecule has 1 amide bonds. The first-order valence-corrected chi connectivity index (χ1v) is 8.19. The van der Waals surface area contributed by atoms with Crippen molar-refractivity contribution in [1.29, 1.82) is 0 Å². The number of amides is 1. The number of hydrogen-bond donors (Lipinski definition) is 2. The molecule has 0 aliphatic carbocycles. The molecule has 21 heavy (non-hydrogen) atoms. The maximum atomic E-state index is 12.4. The molecule has 1 fully saturated rings. The molecule has 1 aliphatic heterocycles. The number of piperidine rings is 1. The number of hydrogen-bond acceptors (Lipinski definition) is 2. The zero-order chi connectivity index (χ0) is 15.5. The lowest BCUT2D eigenvalue weighted by Crippen LogP contribution is -2.52. The van der Waals surface area contributed by atoms with Crippen molar-refractivity contribution in [1.82, 2.24) is 15.2 Å². The zero-order valence-electron chi connectivity index (χ0n) is 13.2. The highest BCUT2D eigenvalue weighted by atomic mass is 35.5. The van der Waals surface area contributed by atoms with Gasteiger partial charge >= 0.3 is 0 Å². The van der Waals surface area contributed by atoms with Crippen molar-refractivity contribution in [3.8, 4) is 0 Å². The molecule has 2 heterocycles. The van der Waals surface area contributed by atoms with E-state index in [4.69, 9.17) is 11.6 Å². The average Bonchev–Trinajstić information content (AvgIpc) is 2.78. The van der Waals surface area contributed by atoms with Crippen molar-refractivity contribution in [2.24, 2.45) is 5.41 Å². The first-order chi connectivity index (χ1) is 9.94. The Morgan fingerprint density at radius 2 is 2.33 bits per heavy atom. The van der Waals surface area contributed by atoms with Gasteiger partial charge in [0.05, 0.1) is 5.02 Å². The summed E-state index contributed by atoms with van der Waals surface area (Å²) < 4.78 is 1.93. The second-order valence-corrected chi connectivity index (χ2v) is 6.98. The van der Waals surface area contributed by atoms with Gasteiger partial charge in [-0.25, -0.2) is 0 Å². The molecule has 0 aromatic carbocycles. The third-order valence-corrected chi connectivity index (χ3v) is 4.57. The highest BCUT2D eigenvalue weighted by molar-refractivity contribution is 6.31. The summed E-state index contributed by atoms with van der Waals surface area (Å²) in [7, 11) is 0. The van der Waals surface area contributed by atoms with Gasteiger partial charge in [-0.15, -0.1) is 0 Å². The molecule has 118 valence electrons. The molecule has 1 aromatic heterocycles. The molecule has 0 radical (unpaired) electrons. The number of halogens is 1. The third-order valence-electron chi connectivity index (χ3n) is 4.36. The fourth-order valence-corrected chi connectivity index (χ4v) is 3.22. The van der Waals surface area contributed by atoms with E-state index < -0.39 is 0 Å². The quantitative estimate of drug-likeness (QED) is 0.878. The average molecular weight is 312 g/mol. The van der Waals surface area contributed by atoms with E-state index in [0.29, 0.717) is 23.3 Å². The van der Waals surface area contributed by atoms with Gasteiger partial charge in [0.25, 0.3) is 5.91 Å². The summed E-state index contributed by atoms with van der Waals surface area (Å²) in [4.78, 5) is 12.4. The fraction of sp³-hybridized carbons (Fsp3) is 0.688. The lowest BCUT2D eigenvalue weighted by Gasteiger charge is -2.39. The number of aryl methyl sites for hydroxylation is 1. The van der Waals surface area contributed by atoms with Crippen LogP contribution < -0.4 is 10.6 Å². The standard InChI is InChI=1S/C16H26ClN3O/c1-4-8-20-11-12(17)9-13(20)15(21)19-10-14-16(2,3)6-5-7-18-14/h9,11,14,18H,4-8,10H2,1-3H3,(H,19,21). The minimum absolute atomic E-state index is 0.0430. The number of aromatic nitrogens is 1. The maximum Gasteiger partial charge on any atom is 0.268 e. The first kappa shape index (κ1) is 16.4. The van der Waals surface area contributed by atoms with E-state index in [1.165, 1.54) is 12.8 Å². The number of carbonyl (C=O) groups excluding carboxylic acids is 1. The topological polar surface area (TPSA) is 46.1 Å². The van der Waals surface area contributed by atoms with Gasteiger partial charge in [-0.2, -0.15) is 0 Å². The summed E-state index contributed by atoms with van der Waals surface area (Å²) in [5.41, 5.74) is 0.865. The van der Waals surface area contributed by atoms with E-state index in [2.05, 4.69) is 31.4 Å². The number of nitrogens with zero attached hydrogens (tertiary/aromatic N) is 1. The Hall–Kier alpha value is -1.00. The van der Waals surface area contributed by atoms with Gasteiger partial charge in [0.2, 0.25) is 0 Å². The predicted octanol–water partition coefficient (Wildman–Crippen LogP) is 3.06. The minimum Gasteiger partial charge on any atom is -0.349 e. The molecule has 1 aliphatic rings. The zero-order valence-corrected chi connectivity index (χ0v) is 14.0. The molecule has 2 rings (SSSR count). The van der Waals surface area contributed by atoms with Gasteiger partial charge in [0.1, 0.15) is 5.69 Å². The molecular formula is C16H26ClN3O. The molecule has 5 heteroatoms. The molecule has 0 saturated carbocycles. The van der Waals surface area contributed by atoms with E-state index in [0.717, 1.165) is 19.5 Å². The van der Waals surface area contributed by atoms with Crippen LogP contribution in [0.25, 0.3) is 0 Å². The van der Waals surface area contributed by atoms with Gasteiger partial charge < -0.3 is 15.2 Å². The van der Waals surface area contributed by atoms with Gasteiger partial charge in [-0.1, -0.05) is 32.4 Å². The Labute approximate surface area is 132 Å². The number of nitrogens with one attached hydrogen (secondary N) is 2. The summed E-state index contributed by atoms with van der Waals surface area (Å²) >= 11 is 6.03. The van der Waals surface area contributed by atoms with E-state index >= 15 is 0 Å². The van der Waals surface area contributed by atoms with Crippen molar-refractivity contribution in [2.75, 3.05) is 13.1 Å². The van der Waals surface area contributed by atoms with Gasteiger partial charge in [-0.3, -0.25) is 4.79 Å². The van der Waals surface area contributed by atoms with Gasteiger partial charge in [0, 0.05) is 25.3 Å².